The van der Waals surface area contributed by atoms with Crippen molar-refractivity contribution in [2.75, 3.05) is 33.9 Å². The lowest BCUT2D eigenvalue weighted by atomic mass is 10.1. The first-order valence-electron chi connectivity index (χ1n) is 12.0. The molecule has 2 aromatic carbocycles. The number of methoxy groups -OCH3 is 2. The molecule has 1 N–H and O–H groups in total. The molecule has 0 radical (unpaired) electrons. The largest absolute Gasteiger partial charge is 0.493 e. The summed E-state index contributed by atoms with van der Waals surface area (Å²) >= 11 is 3.47. The van der Waals surface area contributed by atoms with E-state index in [0.29, 0.717) is 29.3 Å². The fourth-order valence-corrected chi connectivity index (χ4v) is 4.63. The van der Waals surface area contributed by atoms with E-state index in [4.69, 9.17) is 14.3 Å². The third kappa shape index (κ3) is 6.28. The predicted octanol–water partition coefficient (Wildman–Crippen LogP) is 5.62. The van der Waals surface area contributed by atoms with E-state index >= 15 is 0 Å². The molecular weight excluding hydrogens is 542 g/mol. The van der Waals surface area contributed by atoms with Gasteiger partial charge in [0.2, 0.25) is 5.88 Å². The van der Waals surface area contributed by atoms with E-state index in [2.05, 4.69) is 36.2 Å². The number of hydrogen-bond acceptors (Lipinski definition) is 8. The molecule has 10 nitrogen and oxygen atoms in total. The van der Waals surface area contributed by atoms with Crippen LogP contribution in [0.1, 0.15) is 31.7 Å². The highest BCUT2D eigenvalue weighted by Crippen LogP contribution is 2.40. The van der Waals surface area contributed by atoms with Crippen LogP contribution in [0.5, 0.6) is 17.4 Å². The van der Waals surface area contributed by atoms with Crippen molar-refractivity contribution in [1.29, 1.82) is 0 Å². The lowest BCUT2D eigenvalue weighted by molar-refractivity contribution is -0.122. The molecule has 4 rings (SSSR count). The van der Waals surface area contributed by atoms with Crippen LogP contribution in [0.25, 0.3) is 10.9 Å². The molecule has 0 spiro atoms. The Bertz CT molecular complexity index is 1330. The van der Waals surface area contributed by atoms with Crippen LogP contribution < -0.4 is 9.47 Å². The van der Waals surface area contributed by atoms with Gasteiger partial charge in [0.1, 0.15) is 0 Å². The SMILES string of the molecule is COc1ccc(C(C)=NOCC(=O)N=Nc2c(O)n(CN3CCCCC3)c3ccc(Br)cc23)cc1OC. The summed E-state index contributed by atoms with van der Waals surface area (Å²) in [6.45, 7) is 3.85. The molecule has 0 atom stereocenters. The van der Waals surface area contributed by atoms with Crippen LogP contribution in [0.3, 0.4) is 0 Å². The number of amides is 1. The van der Waals surface area contributed by atoms with Crippen molar-refractivity contribution in [1.82, 2.24) is 9.47 Å². The third-order valence-electron chi connectivity index (χ3n) is 6.21. The van der Waals surface area contributed by atoms with E-state index in [9.17, 15) is 9.90 Å². The Hall–Kier alpha value is -3.44. The maximum absolute atomic E-state index is 12.4. The molecule has 3 aromatic rings. The number of azo groups is 1. The summed E-state index contributed by atoms with van der Waals surface area (Å²) < 4.78 is 13.2. The zero-order valence-corrected chi connectivity index (χ0v) is 22.7. The Morgan fingerprint density at radius 1 is 1.05 bits per heavy atom. The second-order valence-electron chi connectivity index (χ2n) is 8.70. The van der Waals surface area contributed by atoms with E-state index in [1.54, 1.807) is 37.8 Å². The van der Waals surface area contributed by atoms with Gasteiger partial charge in [0, 0.05) is 15.4 Å². The fourth-order valence-electron chi connectivity index (χ4n) is 4.27. The van der Waals surface area contributed by atoms with Crippen molar-refractivity contribution in [2.45, 2.75) is 32.9 Å². The average Bonchev–Trinajstić information content (AvgIpc) is 3.16. The number of ether oxygens (including phenoxy) is 2. The minimum absolute atomic E-state index is 0.0292. The van der Waals surface area contributed by atoms with Crippen molar-refractivity contribution in [3.8, 4) is 17.4 Å². The highest BCUT2D eigenvalue weighted by atomic mass is 79.9. The minimum atomic E-state index is -0.629. The number of aromatic hydroxyl groups is 1. The highest BCUT2D eigenvalue weighted by molar-refractivity contribution is 9.10. The summed E-state index contributed by atoms with van der Waals surface area (Å²) in [6.07, 6.45) is 3.50. The van der Waals surface area contributed by atoms with Gasteiger partial charge in [-0.2, -0.15) is 0 Å². The zero-order valence-electron chi connectivity index (χ0n) is 21.1. The number of oxime groups is 1. The molecule has 196 valence electrons. The summed E-state index contributed by atoms with van der Waals surface area (Å²) in [4.78, 5) is 19.9. The molecule has 1 saturated heterocycles. The van der Waals surface area contributed by atoms with Crippen LogP contribution >= 0.6 is 15.9 Å². The number of piperidine rings is 1. The Morgan fingerprint density at radius 2 is 1.81 bits per heavy atom. The number of halogens is 1. The number of benzene rings is 2. The van der Waals surface area contributed by atoms with Crippen molar-refractivity contribution in [2.24, 2.45) is 15.4 Å². The van der Waals surface area contributed by atoms with Crippen LogP contribution in [0, 0.1) is 0 Å². The fraction of sp³-hybridized carbons (Fsp3) is 0.385. The Morgan fingerprint density at radius 3 is 2.54 bits per heavy atom. The van der Waals surface area contributed by atoms with Crippen molar-refractivity contribution in [3.63, 3.8) is 0 Å². The molecule has 1 aliphatic heterocycles. The van der Waals surface area contributed by atoms with Crippen molar-refractivity contribution >= 4 is 44.1 Å². The number of likely N-dealkylation sites (tertiary alicyclic amines) is 1. The lowest BCUT2D eigenvalue weighted by Crippen LogP contribution is -2.31. The first-order valence-corrected chi connectivity index (χ1v) is 12.8. The van der Waals surface area contributed by atoms with E-state index < -0.39 is 12.5 Å². The first kappa shape index (κ1) is 26.6. The Balaban J connectivity index is 1.46. The molecular formula is C26H30BrN5O5. The molecule has 0 aliphatic carbocycles. The number of carbonyl (C=O) groups is 1. The van der Waals surface area contributed by atoms with Gasteiger partial charge < -0.3 is 19.4 Å². The molecule has 1 fully saturated rings. The first-order chi connectivity index (χ1) is 17.9. The smallest absolute Gasteiger partial charge is 0.304 e. The van der Waals surface area contributed by atoms with Gasteiger partial charge in [0.15, 0.2) is 23.8 Å². The summed E-state index contributed by atoms with van der Waals surface area (Å²) in [5.74, 6) is 0.502. The molecule has 0 unspecified atom stereocenters. The number of rotatable bonds is 9. The molecule has 2 heterocycles. The topological polar surface area (TPSA) is 110 Å². The average molecular weight is 572 g/mol. The van der Waals surface area contributed by atoms with Gasteiger partial charge in [-0.25, -0.2) is 0 Å². The van der Waals surface area contributed by atoms with Crippen LogP contribution in [-0.2, 0) is 16.3 Å². The number of hydrogen-bond donors (Lipinski definition) is 1. The number of nitrogens with zero attached hydrogens (tertiary/aromatic N) is 5. The van der Waals surface area contributed by atoms with Crippen molar-refractivity contribution in [3.05, 3.63) is 46.4 Å². The molecule has 1 aliphatic rings. The number of carbonyl (C=O) groups excluding carboxylic acids is 1. The lowest BCUT2D eigenvalue weighted by Gasteiger charge is -2.27. The van der Waals surface area contributed by atoms with Gasteiger partial charge in [-0.05, 0) is 69.3 Å². The summed E-state index contributed by atoms with van der Waals surface area (Å²) in [5, 5.41) is 23.5. The quantitative estimate of drug-likeness (QED) is 0.203. The number of fused-ring (bicyclic) bond motifs is 1. The van der Waals surface area contributed by atoms with Gasteiger partial charge in [-0.15, -0.1) is 10.2 Å². The van der Waals surface area contributed by atoms with Crippen LogP contribution in [0.2, 0.25) is 0 Å². The van der Waals surface area contributed by atoms with Crippen LogP contribution in [0.4, 0.5) is 5.69 Å². The Labute approximate surface area is 223 Å². The van der Waals surface area contributed by atoms with Gasteiger partial charge in [0.25, 0.3) is 0 Å². The predicted molar refractivity (Wildman–Crippen MR) is 144 cm³/mol. The maximum Gasteiger partial charge on any atom is 0.304 e. The molecule has 1 amide bonds. The van der Waals surface area contributed by atoms with Gasteiger partial charge in [-0.1, -0.05) is 27.5 Å². The monoisotopic (exact) mass is 571 g/mol. The van der Waals surface area contributed by atoms with Crippen molar-refractivity contribution < 1.29 is 24.2 Å². The van der Waals surface area contributed by atoms with E-state index in [1.807, 2.05) is 24.3 Å². The summed E-state index contributed by atoms with van der Waals surface area (Å²) in [7, 11) is 3.11. The van der Waals surface area contributed by atoms with Gasteiger partial charge >= 0.3 is 5.91 Å². The summed E-state index contributed by atoms with van der Waals surface area (Å²) in [5.41, 5.74) is 2.36. The van der Waals surface area contributed by atoms with Gasteiger partial charge in [-0.3, -0.25) is 14.3 Å². The van der Waals surface area contributed by atoms with E-state index in [-0.39, 0.29) is 11.6 Å². The van der Waals surface area contributed by atoms with E-state index in [1.165, 1.54) is 6.42 Å². The molecule has 0 bridgehead atoms. The second-order valence-corrected chi connectivity index (χ2v) is 9.61. The number of aromatic nitrogens is 1. The maximum atomic E-state index is 12.4. The van der Waals surface area contributed by atoms with E-state index in [0.717, 1.165) is 41.5 Å². The zero-order chi connectivity index (χ0) is 26.4. The molecule has 11 heteroatoms. The van der Waals surface area contributed by atoms with Crippen LogP contribution in [-0.4, -0.2) is 60.1 Å². The minimum Gasteiger partial charge on any atom is -0.493 e. The second kappa shape index (κ2) is 12.2. The summed E-state index contributed by atoms with van der Waals surface area (Å²) in [6, 6.07) is 11.0. The highest BCUT2D eigenvalue weighted by Gasteiger charge is 2.20. The molecule has 0 saturated carbocycles. The third-order valence-corrected chi connectivity index (χ3v) is 6.71. The van der Waals surface area contributed by atoms with Crippen LogP contribution in [0.15, 0.2) is 56.3 Å². The Kier molecular flexibility index (Phi) is 8.78. The van der Waals surface area contributed by atoms with Gasteiger partial charge in [0.05, 0.1) is 32.1 Å². The molecule has 37 heavy (non-hydrogen) atoms. The normalized spacial score (nSPS) is 14.9. The molecule has 1 aromatic heterocycles. The standard InChI is InChI=1S/C26H30BrN5O5/c1-17(18-7-10-22(35-2)23(13-18)36-3)30-37-15-24(33)28-29-25-20-14-19(27)8-9-21(20)32(26(25)34)16-31-11-5-4-6-12-31/h7-10,13-14,34H,4-6,11-12,15-16H2,1-3H3.